The molecule has 0 radical (unpaired) electrons. The molecule has 0 saturated carbocycles. The molecule has 1 heterocycles. The molecule has 0 bridgehead atoms. The molecule has 2 aromatic rings. The highest BCUT2D eigenvalue weighted by molar-refractivity contribution is 5.92. The maximum atomic E-state index is 13.9. The second-order valence-corrected chi connectivity index (χ2v) is 4.76. The third kappa shape index (κ3) is 3.37. The SMILES string of the molecule is Cc1cc(=O)c(C(=O)NCCCN)nn1-c1ccccc1F. The van der Waals surface area contributed by atoms with Crippen molar-refractivity contribution in [2.24, 2.45) is 5.73 Å². The first-order valence-electron chi connectivity index (χ1n) is 6.88. The highest BCUT2D eigenvalue weighted by Crippen LogP contribution is 2.12. The van der Waals surface area contributed by atoms with Crippen LogP contribution in [0, 0.1) is 12.7 Å². The van der Waals surface area contributed by atoms with Crippen molar-refractivity contribution in [3.05, 3.63) is 57.8 Å². The molecule has 7 heteroatoms. The molecule has 0 aliphatic carbocycles. The summed E-state index contributed by atoms with van der Waals surface area (Å²) in [5, 5.41) is 6.57. The summed E-state index contributed by atoms with van der Waals surface area (Å²) in [7, 11) is 0. The van der Waals surface area contributed by atoms with Crippen LogP contribution in [0.4, 0.5) is 4.39 Å². The molecule has 0 aliphatic rings. The van der Waals surface area contributed by atoms with E-state index < -0.39 is 17.2 Å². The van der Waals surface area contributed by atoms with Gasteiger partial charge in [0.2, 0.25) is 5.43 Å². The van der Waals surface area contributed by atoms with Crippen LogP contribution >= 0.6 is 0 Å². The summed E-state index contributed by atoms with van der Waals surface area (Å²) in [6.07, 6.45) is 0.596. The number of nitrogens with zero attached hydrogens (tertiary/aromatic N) is 2. The van der Waals surface area contributed by atoms with Gasteiger partial charge in [0.1, 0.15) is 11.5 Å². The lowest BCUT2D eigenvalue weighted by Crippen LogP contribution is -2.33. The maximum Gasteiger partial charge on any atom is 0.275 e. The summed E-state index contributed by atoms with van der Waals surface area (Å²) < 4.78 is 15.1. The standard InChI is InChI=1S/C15H17FN4O2/c1-10-9-13(21)14(15(22)18-8-4-7-17)19-20(10)12-6-3-2-5-11(12)16/h2-3,5-6,9H,4,7-8,17H2,1H3,(H,18,22). The van der Waals surface area contributed by atoms with E-state index in [0.717, 1.165) is 0 Å². The van der Waals surface area contributed by atoms with Gasteiger partial charge >= 0.3 is 0 Å². The zero-order valence-electron chi connectivity index (χ0n) is 12.2. The first-order valence-corrected chi connectivity index (χ1v) is 6.88. The number of para-hydroxylation sites is 1. The van der Waals surface area contributed by atoms with Crippen molar-refractivity contribution < 1.29 is 9.18 Å². The van der Waals surface area contributed by atoms with Crippen LogP contribution in [-0.2, 0) is 0 Å². The fourth-order valence-electron chi connectivity index (χ4n) is 1.96. The van der Waals surface area contributed by atoms with Crippen LogP contribution in [0.3, 0.4) is 0 Å². The van der Waals surface area contributed by atoms with Crippen LogP contribution in [-0.4, -0.2) is 28.8 Å². The molecule has 1 aromatic carbocycles. The highest BCUT2D eigenvalue weighted by atomic mass is 19.1. The fourth-order valence-corrected chi connectivity index (χ4v) is 1.96. The summed E-state index contributed by atoms with van der Waals surface area (Å²) in [4.78, 5) is 23.9. The van der Waals surface area contributed by atoms with Crippen molar-refractivity contribution in [1.82, 2.24) is 15.1 Å². The summed E-state index contributed by atoms with van der Waals surface area (Å²) in [6, 6.07) is 7.28. The Kier molecular flexibility index (Phi) is 5.00. The van der Waals surface area contributed by atoms with Gasteiger partial charge < -0.3 is 11.1 Å². The van der Waals surface area contributed by atoms with Crippen LogP contribution in [0.2, 0.25) is 0 Å². The number of hydrogen-bond donors (Lipinski definition) is 2. The minimum absolute atomic E-state index is 0.177. The summed E-state index contributed by atoms with van der Waals surface area (Å²) in [5.74, 6) is -1.08. The van der Waals surface area contributed by atoms with Crippen LogP contribution in [0.15, 0.2) is 35.1 Å². The van der Waals surface area contributed by atoms with E-state index in [2.05, 4.69) is 10.4 Å². The van der Waals surface area contributed by atoms with Crippen LogP contribution in [0.5, 0.6) is 0 Å². The minimum Gasteiger partial charge on any atom is -0.350 e. The van der Waals surface area contributed by atoms with Gasteiger partial charge in [-0.2, -0.15) is 5.10 Å². The largest absolute Gasteiger partial charge is 0.350 e. The number of aryl methyl sites for hydroxylation is 1. The van der Waals surface area contributed by atoms with Crippen molar-refractivity contribution in [2.75, 3.05) is 13.1 Å². The summed E-state index contributed by atoms with van der Waals surface area (Å²) in [6.45, 7) is 2.40. The number of nitrogens with two attached hydrogens (primary N) is 1. The molecule has 0 aliphatic heterocycles. The molecule has 0 unspecified atom stereocenters. The van der Waals surface area contributed by atoms with Gasteiger partial charge in [-0.1, -0.05) is 12.1 Å². The van der Waals surface area contributed by atoms with Gasteiger partial charge in [-0.15, -0.1) is 0 Å². The Labute approximate surface area is 126 Å². The third-order valence-electron chi connectivity index (χ3n) is 3.07. The van der Waals surface area contributed by atoms with E-state index in [1.807, 2.05) is 0 Å². The van der Waals surface area contributed by atoms with Crippen LogP contribution < -0.4 is 16.5 Å². The Morgan fingerprint density at radius 1 is 1.41 bits per heavy atom. The lowest BCUT2D eigenvalue weighted by molar-refractivity contribution is 0.0945. The predicted octanol–water partition coefficient (Wildman–Crippen LogP) is 0.759. The number of nitrogens with one attached hydrogen (secondary N) is 1. The number of halogens is 1. The zero-order chi connectivity index (χ0) is 16.1. The first-order chi connectivity index (χ1) is 10.5. The van der Waals surface area contributed by atoms with E-state index in [0.29, 0.717) is 25.2 Å². The Morgan fingerprint density at radius 3 is 2.82 bits per heavy atom. The molecule has 1 aromatic heterocycles. The lowest BCUT2D eigenvalue weighted by Gasteiger charge is -2.12. The molecule has 6 nitrogen and oxygen atoms in total. The van der Waals surface area contributed by atoms with Crippen molar-refractivity contribution in [1.29, 1.82) is 0 Å². The number of amides is 1. The maximum absolute atomic E-state index is 13.9. The molecule has 2 rings (SSSR count). The molecule has 1 amide bonds. The Hall–Kier alpha value is -2.54. The number of rotatable bonds is 5. The Bertz CT molecular complexity index is 743. The van der Waals surface area contributed by atoms with Crippen LogP contribution in [0.25, 0.3) is 5.69 Å². The predicted molar refractivity (Wildman–Crippen MR) is 80.5 cm³/mol. The smallest absolute Gasteiger partial charge is 0.275 e. The third-order valence-corrected chi connectivity index (χ3v) is 3.07. The number of aromatic nitrogens is 2. The van der Waals surface area contributed by atoms with E-state index in [-0.39, 0.29) is 11.4 Å². The molecular weight excluding hydrogens is 287 g/mol. The first kappa shape index (κ1) is 15.8. The topological polar surface area (TPSA) is 90.0 Å². The van der Waals surface area contributed by atoms with Gasteiger partial charge in [0.15, 0.2) is 5.69 Å². The second-order valence-electron chi connectivity index (χ2n) is 4.76. The minimum atomic E-state index is -0.594. The Balaban J connectivity index is 2.42. The van der Waals surface area contributed by atoms with Gasteiger partial charge in [0.25, 0.3) is 5.91 Å². The van der Waals surface area contributed by atoms with Gasteiger partial charge in [0, 0.05) is 18.3 Å². The number of hydrogen-bond acceptors (Lipinski definition) is 4. The van der Waals surface area contributed by atoms with Gasteiger partial charge in [-0.3, -0.25) is 9.59 Å². The zero-order valence-corrected chi connectivity index (χ0v) is 12.2. The molecule has 0 spiro atoms. The molecule has 0 fully saturated rings. The molecule has 0 atom stereocenters. The quantitative estimate of drug-likeness (QED) is 0.798. The average Bonchev–Trinajstić information content (AvgIpc) is 2.48. The number of carbonyl (C=O) groups excluding carboxylic acids is 1. The van der Waals surface area contributed by atoms with Crippen LogP contribution in [0.1, 0.15) is 22.6 Å². The molecule has 22 heavy (non-hydrogen) atoms. The highest BCUT2D eigenvalue weighted by Gasteiger charge is 2.16. The lowest BCUT2D eigenvalue weighted by atomic mass is 10.2. The normalized spacial score (nSPS) is 10.5. The summed E-state index contributed by atoms with van der Waals surface area (Å²) in [5.41, 5.74) is 5.18. The molecule has 0 saturated heterocycles. The van der Waals surface area contributed by atoms with E-state index in [1.54, 1.807) is 19.1 Å². The van der Waals surface area contributed by atoms with E-state index >= 15 is 0 Å². The van der Waals surface area contributed by atoms with Crippen molar-refractivity contribution in [3.8, 4) is 5.69 Å². The van der Waals surface area contributed by atoms with Gasteiger partial charge in [-0.25, -0.2) is 9.07 Å². The molecular formula is C15H17FN4O2. The monoisotopic (exact) mass is 304 g/mol. The van der Waals surface area contributed by atoms with E-state index in [1.165, 1.54) is 22.9 Å². The fraction of sp³-hybridized carbons (Fsp3) is 0.267. The van der Waals surface area contributed by atoms with Crippen molar-refractivity contribution >= 4 is 5.91 Å². The van der Waals surface area contributed by atoms with Crippen molar-refractivity contribution in [2.45, 2.75) is 13.3 Å². The molecule has 116 valence electrons. The second kappa shape index (κ2) is 6.95. The average molecular weight is 304 g/mol. The number of benzene rings is 1. The van der Waals surface area contributed by atoms with Gasteiger partial charge in [0.05, 0.1) is 0 Å². The van der Waals surface area contributed by atoms with Crippen molar-refractivity contribution in [3.63, 3.8) is 0 Å². The van der Waals surface area contributed by atoms with E-state index in [4.69, 9.17) is 5.73 Å². The summed E-state index contributed by atoms with van der Waals surface area (Å²) >= 11 is 0. The number of carbonyl (C=O) groups is 1. The van der Waals surface area contributed by atoms with E-state index in [9.17, 15) is 14.0 Å². The Morgan fingerprint density at radius 2 is 2.14 bits per heavy atom. The molecule has 3 N–H and O–H groups in total. The van der Waals surface area contributed by atoms with Gasteiger partial charge in [-0.05, 0) is 32.0 Å².